The van der Waals surface area contributed by atoms with E-state index >= 15 is 0 Å². The van der Waals surface area contributed by atoms with Crippen molar-refractivity contribution in [2.75, 3.05) is 6.54 Å². The molecule has 2 nitrogen and oxygen atoms in total. The number of rotatable bonds is 3. The molecule has 1 aromatic carbocycles. The average molecular weight is 267 g/mol. The molecule has 2 bridgehead atoms. The van der Waals surface area contributed by atoms with Crippen LogP contribution in [0.3, 0.4) is 0 Å². The van der Waals surface area contributed by atoms with Crippen LogP contribution in [0.25, 0.3) is 0 Å². The van der Waals surface area contributed by atoms with Crippen LogP contribution < -0.4 is 0 Å². The Bertz CT molecular complexity index is 423. The Morgan fingerprint density at radius 1 is 1.11 bits per heavy atom. The van der Waals surface area contributed by atoms with Crippen LogP contribution in [0.5, 0.6) is 0 Å². The predicted octanol–water partition coefficient (Wildman–Crippen LogP) is 2.77. The smallest absolute Gasteiger partial charge is 0.285 e. The van der Waals surface area contributed by atoms with Gasteiger partial charge in [-0.3, -0.25) is 4.90 Å². The van der Waals surface area contributed by atoms with Crippen molar-refractivity contribution in [2.45, 2.75) is 49.8 Å². The summed E-state index contributed by atoms with van der Waals surface area (Å²) in [5.74, 6) is -2.82. The molecule has 2 unspecified atom stereocenters. The van der Waals surface area contributed by atoms with Crippen molar-refractivity contribution < 1.29 is 13.9 Å². The molecule has 4 heteroatoms. The van der Waals surface area contributed by atoms with E-state index in [2.05, 4.69) is 0 Å². The van der Waals surface area contributed by atoms with Crippen molar-refractivity contribution in [1.82, 2.24) is 4.90 Å². The summed E-state index contributed by atoms with van der Waals surface area (Å²) in [6, 6.07) is 8.28. The molecule has 2 atom stereocenters. The van der Waals surface area contributed by atoms with E-state index in [4.69, 9.17) is 0 Å². The minimum atomic E-state index is -2.82. The van der Waals surface area contributed by atoms with Crippen LogP contribution in [-0.2, 0) is 5.92 Å². The first-order valence-corrected chi connectivity index (χ1v) is 6.93. The Balaban J connectivity index is 1.75. The number of alkyl halides is 2. The molecule has 0 aromatic heterocycles. The molecule has 0 aliphatic carbocycles. The zero-order valence-electron chi connectivity index (χ0n) is 10.8. The molecule has 2 fully saturated rings. The van der Waals surface area contributed by atoms with Crippen LogP contribution in [0.1, 0.15) is 31.2 Å². The van der Waals surface area contributed by atoms with E-state index in [-0.39, 0.29) is 30.3 Å². The van der Waals surface area contributed by atoms with Gasteiger partial charge in [0.1, 0.15) is 0 Å². The Kier molecular flexibility index (Phi) is 3.31. The van der Waals surface area contributed by atoms with Crippen molar-refractivity contribution in [2.24, 2.45) is 0 Å². The number of fused-ring (bicyclic) bond motifs is 2. The second-order valence-corrected chi connectivity index (χ2v) is 5.75. The van der Waals surface area contributed by atoms with Gasteiger partial charge in [0.15, 0.2) is 0 Å². The average Bonchev–Trinajstić information content (AvgIpc) is 2.62. The summed E-state index contributed by atoms with van der Waals surface area (Å²) in [5.41, 5.74) is 0.0838. The van der Waals surface area contributed by atoms with E-state index in [1.807, 2.05) is 4.90 Å². The third kappa shape index (κ3) is 2.51. The molecule has 19 heavy (non-hydrogen) atoms. The summed E-state index contributed by atoms with van der Waals surface area (Å²) in [7, 11) is 0. The SMILES string of the molecule is OC1CC2CCC(C1)N2CC(F)(F)c1ccccc1. The lowest BCUT2D eigenvalue weighted by atomic mass is 9.98. The highest BCUT2D eigenvalue weighted by molar-refractivity contribution is 5.20. The van der Waals surface area contributed by atoms with E-state index in [9.17, 15) is 13.9 Å². The molecule has 104 valence electrons. The molecule has 1 aromatic rings. The monoisotopic (exact) mass is 267 g/mol. The van der Waals surface area contributed by atoms with Crippen LogP contribution >= 0.6 is 0 Å². The molecule has 2 aliphatic heterocycles. The Hall–Kier alpha value is -1.00. The summed E-state index contributed by atoms with van der Waals surface area (Å²) in [6.07, 6.45) is 2.85. The molecule has 0 spiro atoms. The van der Waals surface area contributed by atoms with Crippen molar-refractivity contribution >= 4 is 0 Å². The number of hydrogen-bond acceptors (Lipinski definition) is 2. The van der Waals surface area contributed by atoms with E-state index in [0.717, 1.165) is 12.8 Å². The lowest BCUT2D eigenvalue weighted by molar-refractivity contribution is -0.0701. The third-order valence-electron chi connectivity index (χ3n) is 4.44. The van der Waals surface area contributed by atoms with Gasteiger partial charge in [0.2, 0.25) is 0 Å². The number of piperidine rings is 1. The standard InChI is InChI=1S/C15H19F2NO/c16-15(17,11-4-2-1-3-5-11)10-18-12-6-7-13(18)9-14(19)8-12/h1-5,12-14,19H,6-10H2. The van der Waals surface area contributed by atoms with Gasteiger partial charge < -0.3 is 5.11 Å². The Morgan fingerprint density at radius 3 is 2.26 bits per heavy atom. The zero-order chi connectivity index (χ0) is 13.5. The van der Waals surface area contributed by atoms with Crippen LogP contribution in [-0.4, -0.2) is 34.7 Å². The fourth-order valence-electron chi connectivity index (χ4n) is 3.51. The van der Waals surface area contributed by atoms with Crippen molar-refractivity contribution in [3.63, 3.8) is 0 Å². The highest BCUT2D eigenvalue weighted by Gasteiger charge is 2.45. The van der Waals surface area contributed by atoms with E-state index < -0.39 is 5.92 Å². The van der Waals surface area contributed by atoms with Crippen LogP contribution in [0, 0.1) is 0 Å². The molecule has 1 N–H and O–H groups in total. The number of hydrogen-bond donors (Lipinski definition) is 1. The van der Waals surface area contributed by atoms with E-state index in [1.165, 1.54) is 12.1 Å². The van der Waals surface area contributed by atoms with Gasteiger partial charge in [-0.15, -0.1) is 0 Å². The van der Waals surface area contributed by atoms with Gasteiger partial charge in [-0.05, 0) is 25.7 Å². The summed E-state index contributed by atoms with van der Waals surface area (Å²) in [6.45, 7) is -0.223. The number of nitrogens with zero attached hydrogens (tertiary/aromatic N) is 1. The number of halogens is 2. The van der Waals surface area contributed by atoms with Crippen LogP contribution in [0.4, 0.5) is 8.78 Å². The van der Waals surface area contributed by atoms with Gasteiger partial charge in [0.25, 0.3) is 5.92 Å². The fourth-order valence-corrected chi connectivity index (χ4v) is 3.51. The van der Waals surface area contributed by atoms with Crippen molar-refractivity contribution in [3.05, 3.63) is 35.9 Å². The summed E-state index contributed by atoms with van der Waals surface area (Å²) in [5, 5.41) is 9.71. The Labute approximate surface area is 112 Å². The van der Waals surface area contributed by atoms with E-state index in [0.29, 0.717) is 12.8 Å². The predicted molar refractivity (Wildman–Crippen MR) is 69.1 cm³/mol. The van der Waals surface area contributed by atoms with Crippen molar-refractivity contribution in [1.29, 1.82) is 0 Å². The lowest BCUT2D eigenvalue weighted by Gasteiger charge is -2.39. The maximum absolute atomic E-state index is 14.3. The summed E-state index contributed by atoms with van der Waals surface area (Å²) >= 11 is 0. The maximum atomic E-state index is 14.3. The van der Waals surface area contributed by atoms with Gasteiger partial charge in [0, 0.05) is 17.6 Å². The molecule has 0 radical (unpaired) electrons. The second-order valence-electron chi connectivity index (χ2n) is 5.75. The molecule has 0 amide bonds. The van der Waals surface area contributed by atoms with Gasteiger partial charge in [0.05, 0.1) is 12.6 Å². The van der Waals surface area contributed by atoms with Gasteiger partial charge in [-0.2, -0.15) is 8.78 Å². The first kappa shape index (κ1) is 13.0. The molecular weight excluding hydrogens is 248 g/mol. The van der Waals surface area contributed by atoms with Gasteiger partial charge >= 0.3 is 0 Å². The molecule has 3 rings (SSSR count). The number of aliphatic hydroxyl groups is 1. The van der Waals surface area contributed by atoms with Crippen LogP contribution in [0.2, 0.25) is 0 Å². The molecule has 0 saturated carbocycles. The number of aliphatic hydroxyl groups excluding tert-OH is 1. The fraction of sp³-hybridized carbons (Fsp3) is 0.600. The Morgan fingerprint density at radius 2 is 1.68 bits per heavy atom. The maximum Gasteiger partial charge on any atom is 0.285 e. The van der Waals surface area contributed by atoms with Gasteiger partial charge in [-0.25, -0.2) is 0 Å². The first-order chi connectivity index (χ1) is 9.06. The topological polar surface area (TPSA) is 23.5 Å². The summed E-state index contributed by atoms with van der Waals surface area (Å²) in [4.78, 5) is 1.92. The number of benzene rings is 1. The van der Waals surface area contributed by atoms with Crippen LogP contribution in [0.15, 0.2) is 30.3 Å². The second kappa shape index (κ2) is 4.84. The molecule has 2 saturated heterocycles. The largest absolute Gasteiger partial charge is 0.393 e. The minimum Gasteiger partial charge on any atom is -0.393 e. The lowest BCUT2D eigenvalue weighted by Crippen LogP contribution is -2.48. The third-order valence-corrected chi connectivity index (χ3v) is 4.44. The normalized spacial score (nSPS) is 31.6. The first-order valence-electron chi connectivity index (χ1n) is 6.93. The minimum absolute atomic E-state index is 0.0838. The van der Waals surface area contributed by atoms with E-state index in [1.54, 1.807) is 18.2 Å². The quantitative estimate of drug-likeness (QED) is 0.910. The zero-order valence-corrected chi connectivity index (χ0v) is 10.8. The molecule has 2 aliphatic rings. The van der Waals surface area contributed by atoms with Crippen molar-refractivity contribution in [3.8, 4) is 0 Å². The molecular formula is C15H19F2NO. The molecule has 2 heterocycles. The highest BCUT2D eigenvalue weighted by atomic mass is 19.3. The summed E-state index contributed by atoms with van der Waals surface area (Å²) < 4.78 is 28.6. The highest BCUT2D eigenvalue weighted by Crippen LogP contribution is 2.39. The van der Waals surface area contributed by atoms with Gasteiger partial charge in [-0.1, -0.05) is 30.3 Å².